The largest absolute Gasteiger partial charge is 0.416 e. The smallest absolute Gasteiger partial charge is 0.345 e. The molecule has 3 heterocycles. The highest BCUT2D eigenvalue weighted by atomic mass is 35.5. The van der Waals surface area contributed by atoms with E-state index < -0.39 is 23.7 Å². The van der Waals surface area contributed by atoms with Crippen LogP contribution in [0.15, 0.2) is 72.9 Å². The molecule has 2 aliphatic heterocycles. The SMILES string of the molecule is O=C(NC1CCc2ccc(C(=O)N3CCC4(CCN(Cc5ccc6ncccc6c5)CC4)C3)cc21)c1cc(C(F)(F)F)ccc1Cl. The van der Waals surface area contributed by atoms with Gasteiger partial charge < -0.3 is 10.2 Å². The molecule has 0 radical (unpaired) electrons. The molecule has 6 nitrogen and oxygen atoms in total. The Balaban J connectivity index is 0.981. The molecule has 2 saturated heterocycles. The summed E-state index contributed by atoms with van der Waals surface area (Å²) in [6.45, 7) is 4.32. The van der Waals surface area contributed by atoms with Gasteiger partial charge in [-0.15, -0.1) is 0 Å². The van der Waals surface area contributed by atoms with E-state index in [4.69, 9.17) is 11.6 Å². The minimum atomic E-state index is -4.59. The van der Waals surface area contributed by atoms with Crippen LogP contribution < -0.4 is 5.32 Å². The van der Waals surface area contributed by atoms with E-state index >= 15 is 0 Å². The zero-order chi connectivity index (χ0) is 32.1. The minimum Gasteiger partial charge on any atom is -0.345 e. The first-order valence-electron chi connectivity index (χ1n) is 15.7. The highest BCUT2D eigenvalue weighted by Gasteiger charge is 2.42. The van der Waals surface area contributed by atoms with Crippen LogP contribution in [0.4, 0.5) is 13.2 Å². The number of halogens is 4. The average Bonchev–Trinajstić information content (AvgIpc) is 3.65. The number of nitrogens with zero attached hydrogens (tertiary/aromatic N) is 3. The van der Waals surface area contributed by atoms with Crippen molar-refractivity contribution in [3.8, 4) is 0 Å². The number of pyridine rings is 1. The van der Waals surface area contributed by atoms with E-state index in [0.717, 1.165) is 85.7 Å². The molecule has 4 aromatic rings. The van der Waals surface area contributed by atoms with Gasteiger partial charge in [0.2, 0.25) is 0 Å². The van der Waals surface area contributed by atoms with Crippen molar-refractivity contribution < 1.29 is 22.8 Å². The molecule has 10 heteroatoms. The Morgan fingerprint density at radius 1 is 0.978 bits per heavy atom. The maximum Gasteiger partial charge on any atom is 0.416 e. The van der Waals surface area contributed by atoms with Gasteiger partial charge in [0.15, 0.2) is 0 Å². The standard InChI is InChI=1S/C36H34ClF3N4O2/c37-30-8-7-27(36(38,39)40)20-29(30)33(45)42-32-10-6-24-4-5-26(19-28(24)32)34(46)44-17-13-35(22-44)11-15-43(16-12-35)21-23-3-9-31-25(18-23)2-1-14-41-31/h1-5,7-9,14,18-20,32H,6,10-13,15-17,21-22H2,(H,42,45). The number of aromatic nitrogens is 1. The second-order valence-corrected chi connectivity index (χ2v) is 13.4. The molecule has 1 N–H and O–H groups in total. The molecule has 1 unspecified atom stereocenters. The van der Waals surface area contributed by atoms with Gasteiger partial charge in [-0.25, -0.2) is 0 Å². The summed E-state index contributed by atoms with van der Waals surface area (Å²) in [4.78, 5) is 35.6. The van der Waals surface area contributed by atoms with Crippen molar-refractivity contribution in [1.29, 1.82) is 0 Å². The molecule has 0 bridgehead atoms. The third-order valence-electron chi connectivity index (χ3n) is 10.0. The molecule has 3 aliphatic rings. The van der Waals surface area contributed by atoms with Crippen LogP contribution in [0.25, 0.3) is 10.9 Å². The van der Waals surface area contributed by atoms with Crippen LogP contribution in [0.1, 0.15) is 74.7 Å². The number of piperidine rings is 1. The number of nitrogens with one attached hydrogen (secondary N) is 1. The fourth-order valence-electron chi connectivity index (χ4n) is 7.36. The molecule has 1 atom stereocenters. The van der Waals surface area contributed by atoms with Crippen molar-refractivity contribution in [2.45, 2.75) is 50.9 Å². The van der Waals surface area contributed by atoms with Gasteiger partial charge in [-0.1, -0.05) is 29.8 Å². The van der Waals surface area contributed by atoms with Crippen LogP contribution in [0.3, 0.4) is 0 Å². The molecule has 1 aliphatic carbocycles. The summed E-state index contributed by atoms with van der Waals surface area (Å²) in [6.07, 6.45) is 1.59. The number of carbonyl (C=O) groups is 2. The molecule has 2 fully saturated rings. The van der Waals surface area contributed by atoms with Crippen LogP contribution in [-0.2, 0) is 19.1 Å². The van der Waals surface area contributed by atoms with Gasteiger partial charge in [0, 0.05) is 36.8 Å². The number of carbonyl (C=O) groups excluding carboxylic acids is 2. The zero-order valence-corrected chi connectivity index (χ0v) is 26.0. The first kappa shape index (κ1) is 30.7. The van der Waals surface area contributed by atoms with Crippen molar-refractivity contribution in [1.82, 2.24) is 20.1 Å². The Kier molecular flexibility index (Phi) is 8.01. The van der Waals surface area contributed by atoms with Crippen molar-refractivity contribution >= 4 is 34.3 Å². The van der Waals surface area contributed by atoms with Gasteiger partial charge in [0.05, 0.1) is 27.7 Å². The van der Waals surface area contributed by atoms with Crippen LogP contribution in [0.2, 0.25) is 5.02 Å². The van der Waals surface area contributed by atoms with E-state index in [1.165, 1.54) is 5.56 Å². The third-order valence-corrected chi connectivity index (χ3v) is 10.4. The predicted molar refractivity (Wildman–Crippen MR) is 171 cm³/mol. The summed E-state index contributed by atoms with van der Waals surface area (Å²) >= 11 is 6.11. The monoisotopic (exact) mass is 646 g/mol. The second-order valence-electron chi connectivity index (χ2n) is 13.0. The number of amides is 2. The predicted octanol–water partition coefficient (Wildman–Crippen LogP) is 7.45. The molecule has 238 valence electrons. The molecule has 7 rings (SSSR count). The van der Waals surface area contributed by atoms with Gasteiger partial charge in [-0.2, -0.15) is 13.2 Å². The normalized spacial score (nSPS) is 19.5. The molecular weight excluding hydrogens is 613 g/mol. The number of aryl methyl sites for hydroxylation is 1. The Morgan fingerprint density at radius 3 is 2.59 bits per heavy atom. The number of benzene rings is 3. The maximum atomic E-state index is 13.7. The molecule has 1 spiro atoms. The third kappa shape index (κ3) is 6.10. The average molecular weight is 647 g/mol. The summed E-state index contributed by atoms with van der Waals surface area (Å²) in [6, 6.07) is 18.4. The Morgan fingerprint density at radius 2 is 1.78 bits per heavy atom. The van der Waals surface area contributed by atoms with Gasteiger partial charge in [-0.3, -0.25) is 19.5 Å². The second kappa shape index (κ2) is 12.0. The zero-order valence-electron chi connectivity index (χ0n) is 25.2. The maximum absolute atomic E-state index is 13.7. The van der Waals surface area contributed by atoms with Gasteiger partial charge >= 0.3 is 6.18 Å². The van der Waals surface area contributed by atoms with Crippen molar-refractivity contribution in [3.05, 3.63) is 111 Å². The molecule has 46 heavy (non-hydrogen) atoms. The van der Waals surface area contributed by atoms with Gasteiger partial charge in [0.25, 0.3) is 11.8 Å². The molecule has 3 aromatic carbocycles. The lowest BCUT2D eigenvalue weighted by molar-refractivity contribution is -0.137. The van der Waals surface area contributed by atoms with E-state index in [-0.39, 0.29) is 21.9 Å². The molecule has 1 aromatic heterocycles. The number of hydrogen-bond donors (Lipinski definition) is 1. The molecule has 2 amide bonds. The van der Waals surface area contributed by atoms with E-state index in [9.17, 15) is 22.8 Å². The van der Waals surface area contributed by atoms with E-state index in [1.54, 1.807) is 0 Å². The molecular formula is C36H34ClF3N4O2. The van der Waals surface area contributed by atoms with Crippen LogP contribution in [0, 0.1) is 5.41 Å². The number of likely N-dealkylation sites (tertiary alicyclic amines) is 2. The van der Waals surface area contributed by atoms with Crippen molar-refractivity contribution in [2.24, 2.45) is 5.41 Å². The highest BCUT2D eigenvalue weighted by molar-refractivity contribution is 6.33. The number of rotatable bonds is 5. The Labute approximate surface area is 270 Å². The Hall–Kier alpha value is -3.95. The number of fused-ring (bicyclic) bond motifs is 2. The lowest BCUT2D eigenvalue weighted by Gasteiger charge is -2.39. The van der Waals surface area contributed by atoms with E-state index in [1.807, 2.05) is 35.4 Å². The summed E-state index contributed by atoms with van der Waals surface area (Å²) in [7, 11) is 0. The quantitative estimate of drug-likeness (QED) is 0.245. The Bertz CT molecular complexity index is 1820. The minimum absolute atomic E-state index is 0.0234. The summed E-state index contributed by atoms with van der Waals surface area (Å²) in [5, 5.41) is 3.96. The topological polar surface area (TPSA) is 65.5 Å². The lowest BCUT2D eigenvalue weighted by atomic mass is 9.77. The van der Waals surface area contributed by atoms with Gasteiger partial charge in [0.1, 0.15) is 0 Å². The summed E-state index contributed by atoms with van der Waals surface area (Å²) < 4.78 is 39.8. The van der Waals surface area contributed by atoms with Gasteiger partial charge in [-0.05, 0) is 116 Å². The van der Waals surface area contributed by atoms with Crippen molar-refractivity contribution in [3.63, 3.8) is 0 Å². The van der Waals surface area contributed by atoms with Crippen LogP contribution in [-0.4, -0.2) is 52.8 Å². The van der Waals surface area contributed by atoms with Crippen LogP contribution in [0.5, 0.6) is 0 Å². The lowest BCUT2D eigenvalue weighted by Crippen LogP contribution is -2.42. The molecule has 0 saturated carbocycles. The highest BCUT2D eigenvalue weighted by Crippen LogP contribution is 2.42. The van der Waals surface area contributed by atoms with E-state index in [2.05, 4.69) is 39.5 Å². The number of alkyl halides is 3. The first-order valence-corrected chi connectivity index (χ1v) is 16.1. The van der Waals surface area contributed by atoms with Crippen LogP contribution >= 0.6 is 11.6 Å². The van der Waals surface area contributed by atoms with E-state index in [0.29, 0.717) is 24.9 Å². The summed E-state index contributed by atoms with van der Waals surface area (Å²) in [5.74, 6) is -0.694. The first-order chi connectivity index (χ1) is 22.1. The fraction of sp³-hybridized carbons (Fsp3) is 0.361. The number of hydrogen-bond acceptors (Lipinski definition) is 4. The van der Waals surface area contributed by atoms with Crippen molar-refractivity contribution in [2.75, 3.05) is 26.2 Å². The summed E-state index contributed by atoms with van der Waals surface area (Å²) in [5.41, 5.74) is 3.67. The fourth-order valence-corrected chi connectivity index (χ4v) is 7.57.